The first-order valence-corrected chi connectivity index (χ1v) is 12.1. The number of phosphoric acid groups is 3. The van der Waals surface area contributed by atoms with Crippen LogP contribution >= 0.6 is 23.5 Å². The highest BCUT2D eigenvalue weighted by molar-refractivity contribution is 7.66. The first kappa shape index (κ1) is 24.8. The summed E-state index contributed by atoms with van der Waals surface area (Å²) in [6.45, 7) is -0.888. The fourth-order valence-electron chi connectivity index (χ4n) is 2.31. The van der Waals surface area contributed by atoms with E-state index in [4.69, 9.17) is 31.6 Å². The van der Waals surface area contributed by atoms with Crippen LogP contribution in [0.4, 0.5) is 5.82 Å². The summed E-state index contributed by atoms with van der Waals surface area (Å²) < 4.78 is 51.3. The molecule has 2 unspecified atom stereocenters. The minimum Gasteiger partial charge on any atom is -0.390 e. The van der Waals surface area contributed by atoms with Crippen LogP contribution in [0.15, 0.2) is 11.0 Å². The summed E-state index contributed by atoms with van der Waals surface area (Å²) in [6.07, 6.45) is 2.44. The lowest BCUT2D eigenvalue weighted by molar-refractivity contribution is -0.0449. The standard InChI is InChI=1S/C11H16N3O13P3/c1-2-6-4-14(11(16)13-10(6)12)9-3-7(15)8(25-9)5-24-29(20,21)27-30(22,23)26-28(17,18)19/h1,4,7-9,15H,3,5H2,(H,20,21)(H,22,23)(H2,12,13,16)(H2,17,18,19)/t7-,8+,9+/m0/s1. The second-order valence-corrected chi connectivity index (χ2v) is 10.1. The molecule has 0 aliphatic carbocycles. The molecule has 2 heterocycles. The highest BCUT2D eigenvalue weighted by Gasteiger charge is 2.43. The molecule has 1 aliphatic heterocycles. The van der Waals surface area contributed by atoms with Gasteiger partial charge in [-0.25, -0.2) is 18.5 Å². The fraction of sp³-hybridized carbons (Fsp3) is 0.455. The fourth-order valence-corrected chi connectivity index (χ4v) is 5.34. The largest absolute Gasteiger partial charge is 0.490 e. The third kappa shape index (κ3) is 6.79. The first-order chi connectivity index (χ1) is 13.6. The molecule has 0 spiro atoms. The Morgan fingerprint density at radius 3 is 2.47 bits per heavy atom. The van der Waals surface area contributed by atoms with Crippen LogP contribution in [-0.4, -0.2) is 53.0 Å². The molecule has 7 N–H and O–H groups in total. The number of aliphatic hydroxyl groups is 1. The van der Waals surface area contributed by atoms with Crippen molar-refractivity contribution < 1.29 is 56.3 Å². The van der Waals surface area contributed by atoms with E-state index in [-0.39, 0.29) is 17.8 Å². The monoisotopic (exact) mass is 491 g/mol. The van der Waals surface area contributed by atoms with Crippen LogP contribution in [0.1, 0.15) is 18.2 Å². The number of anilines is 1. The van der Waals surface area contributed by atoms with Gasteiger partial charge in [-0.2, -0.15) is 13.6 Å². The molecule has 5 atom stereocenters. The summed E-state index contributed by atoms with van der Waals surface area (Å²) in [5.74, 6) is 2.00. The van der Waals surface area contributed by atoms with Gasteiger partial charge in [0, 0.05) is 12.6 Å². The zero-order chi connectivity index (χ0) is 22.9. The Bertz CT molecular complexity index is 1040. The second kappa shape index (κ2) is 8.97. The van der Waals surface area contributed by atoms with Gasteiger partial charge < -0.3 is 35.2 Å². The number of nitrogens with zero attached hydrogens (tertiary/aromatic N) is 2. The Morgan fingerprint density at radius 2 is 1.90 bits per heavy atom. The van der Waals surface area contributed by atoms with E-state index in [2.05, 4.69) is 24.0 Å². The van der Waals surface area contributed by atoms with Gasteiger partial charge in [0.1, 0.15) is 18.1 Å². The van der Waals surface area contributed by atoms with Gasteiger partial charge >= 0.3 is 29.2 Å². The summed E-state index contributed by atoms with van der Waals surface area (Å²) in [5.41, 5.74) is 4.71. The van der Waals surface area contributed by atoms with E-state index in [9.17, 15) is 28.5 Å². The molecule has 16 nitrogen and oxygen atoms in total. The molecular formula is C11H16N3O13P3. The maximum Gasteiger partial charge on any atom is 0.490 e. The van der Waals surface area contributed by atoms with Crippen molar-refractivity contribution in [2.75, 3.05) is 12.3 Å². The van der Waals surface area contributed by atoms with E-state index >= 15 is 0 Å². The summed E-state index contributed by atoms with van der Waals surface area (Å²) in [6, 6.07) is 0. The molecule has 1 fully saturated rings. The number of nitrogens with two attached hydrogens (primary N) is 1. The molecule has 168 valence electrons. The average Bonchev–Trinajstić information content (AvgIpc) is 2.90. The lowest BCUT2D eigenvalue weighted by atomic mass is 10.2. The van der Waals surface area contributed by atoms with Crippen molar-refractivity contribution in [3.05, 3.63) is 22.2 Å². The number of phosphoric ester groups is 1. The van der Waals surface area contributed by atoms with Crippen LogP contribution in [0.5, 0.6) is 0 Å². The zero-order valence-electron chi connectivity index (χ0n) is 14.6. The Labute approximate surface area is 167 Å². The first-order valence-electron chi connectivity index (χ1n) is 7.59. The quantitative estimate of drug-likeness (QED) is 0.184. The molecule has 30 heavy (non-hydrogen) atoms. The predicted octanol–water partition coefficient (Wildman–Crippen LogP) is -1.20. The van der Waals surface area contributed by atoms with E-state index < -0.39 is 54.2 Å². The van der Waals surface area contributed by atoms with E-state index in [1.54, 1.807) is 0 Å². The van der Waals surface area contributed by atoms with Crippen molar-refractivity contribution in [2.45, 2.75) is 24.9 Å². The van der Waals surface area contributed by atoms with Crippen LogP contribution in [-0.2, 0) is 31.6 Å². The lowest BCUT2D eigenvalue weighted by Crippen LogP contribution is -2.29. The van der Waals surface area contributed by atoms with Gasteiger partial charge in [0.2, 0.25) is 0 Å². The van der Waals surface area contributed by atoms with Crippen LogP contribution in [0, 0.1) is 12.3 Å². The zero-order valence-corrected chi connectivity index (χ0v) is 17.3. The molecule has 1 saturated heterocycles. The Balaban J connectivity index is 2.05. The Morgan fingerprint density at radius 1 is 1.27 bits per heavy atom. The number of aliphatic hydroxyl groups excluding tert-OH is 1. The van der Waals surface area contributed by atoms with Crippen molar-refractivity contribution in [1.29, 1.82) is 0 Å². The molecule has 1 aromatic heterocycles. The molecule has 0 amide bonds. The number of aromatic nitrogens is 2. The number of hydrogen-bond acceptors (Lipinski definition) is 11. The van der Waals surface area contributed by atoms with Gasteiger partial charge in [0.15, 0.2) is 0 Å². The maximum atomic E-state index is 12.0. The van der Waals surface area contributed by atoms with Crippen molar-refractivity contribution in [1.82, 2.24) is 9.55 Å². The molecule has 1 aromatic rings. The van der Waals surface area contributed by atoms with Gasteiger partial charge in [-0.3, -0.25) is 9.09 Å². The van der Waals surface area contributed by atoms with E-state index in [0.717, 1.165) is 10.8 Å². The molecule has 0 aromatic carbocycles. The number of nitrogen functional groups attached to an aromatic ring is 1. The van der Waals surface area contributed by atoms with Gasteiger partial charge in [-0.15, -0.1) is 6.42 Å². The number of terminal acetylenes is 1. The topological polar surface area (TPSA) is 250 Å². The SMILES string of the molecule is C#Cc1cn([C@H]2C[C@H](O)[C@@H](COP(=O)(O)OP(=O)(O)OP(=O)(O)O)O2)c(=O)nc1N. The van der Waals surface area contributed by atoms with Crippen molar-refractivity contribution in [3.63, 3.8) is 0 Å². The molecule has 0 saturated carbocycles. The van der Waals surface area contributed by atoms with Crippen LogP contribution in [0.2, 0.25) is 0 Å². The normalized spacial score (nSPS) is 25.9. The second-order valence-electron chi connectivity index (χ2n) is 5.69. The minimum atomic E-state index is -5.68. The third-order valence-corrected chi connectivity index (χ3v) is 7.27. The summed E-state index contributed by atoms with van der Waals surface area (Å²) in [5, 5.41) is 10.0. The van der Waals surface area contributed by atoms with Crippen molar-refractivity contribution in [3.8, 4) is 12.3 Å². The highest BCUT2D eigenvalue weighted by Crippen LogP contribution is 2.66. The number of hydrogen-bond donors (Lipinski definition) is 6. The van der Waals surface area contributed by atoms with E-state index in [0.29, 0.717) is 0 Å². The van der Waals surface area contributed by atoms with Crippen LogP contribution < -0.4 is 11.4 Å². The summed E-state index contributed by atoms with van der Waals surface area (Å²) in [7, 11) is -16.6. The molecule has 19 heteroatoms. The minimum absolute atomic E-state index is 0.0735. The van der Waals surface area contributed by atoms with E-state index in [1.807, 2.05) is 0 Å². The number of ether oxygens (including phenoxy) is 1. The lowest BCUT2D eigenvalue weighted by Gasteiger charge is -2.19. The predicted molar refractivity (Wildman–Crippen MR) is 95.2 cm³/mol. The van der Waals surface area contributed by atoms with Crippen molar-refractivity contribution in [2.24, 2.45) is 0 Å². The highest BCUT2D eigenvalue weighted by atomic mass is 31.3. The molecular weight excluding hydrogens is 475 g/mol. The molecule has 1 aliphatic rings. The number of rotatable bonds is 8. The Hall–Kier alpha value is -1.43. The van der Waals surface area contributed by atoms with Gasteiger partial charge in [-0.05, 0) is 0 Å². The van der Waals surface area contributed by atoms with Gasteiger partial charge in [0.25, 0.3) is 0 Å². The van der Waals surface area contributed by atoms with Crippen LogP contribution in [0.25, 0.3) is 0 Å². The molecule has 0 radical (unpaired) electrons. The summed E-state index contributed by atoms with van der Waals surface area (Å²) in [4.78, 5) is 50.9. The third-order valence-electron chi connectivity index (χ3n) is 3.47. The Kier molecular flexibility index (Phi) is 7.43. The van der Waals surface area contributed by atoms with Gasteiger partial charge in [0.05, 0.1) is 18.3 Å². The summed E-state index contributed by atoms with van der Waals surface area (Å²) >= 11 is 0. The van der Waals surface area contributed by atoms with Crippen LogP contribution in [0.3, 0.4) is 0 Å². The van der Waals surface area contributed by atoms with Crippen molar-refractivity contribution >= 4 is 29.3 Å². The van der Waals surface area contributed by atoms with Gasteiger partial charge in [-0.1, -0.05) is 5.92 Å². The average molecular weight is 491 g/mol. The molecule has 2 rings (SSSR count). The van der Waals surface area contributed by atoms with E-state index in [1.165, 1.54) is 0 Å². The maximum absolute atomic E-state index is 12.0. The smallest absolute Gasteiger partial charge is 0.390 e. The molecule has 0 bridgehead atoms.